The minimum Gasteiger partial charge on any atom is -0.394 e. The second-order valence-electron chi connectivity index (χ2n) is 3.92. The maximum absolute atomic E-state index is 9.47. The average molecular weight is 279 g/mol. The van der Waals surface area contributed by atoms with Gasteiger partial charge in [0.05, 0.1) is 19.3 Å². The molecule has 1 heterocycles. The highest BCUT2D eigenvalue weighted by Crippen LogP contribution is 2.23. The van der Waals surface area contributed by atoms with Crippen molar-refractivity contribution in [2.24, 2.45) is 0 Å². The van der Waals surface area contributed by atoms with E-state index in [1.54, 1.807) is 24.3 Å². The molecule has 0 saturated heterocycles. The molecule has 0 radical (unpaired) electrons. The quantitative estimate of drug-likeness (QED) is 0.863. The summed E-state index contributed by atoms with van der Waals surface area (Å²) in [7, 11) is 0. The van der Waals surface area contributed by atoms with Gasteiger partial charge in [0.25, 0.3) is 0 Å². The van der Waals surface area contributed by atoms with Crippen LogP contribution in [0.4, 0.5) is 0 Å². The van der Waals surface area contributed by atoms with Crippen LogP contribution in [-0.4, -0.2) is 37.9 Å². The summed E-state index contributed by atoms with van der Waals surface area (Å²) in [5, 5.41) is 35.5. The number of aromatic nitrogens is 3. The van der Waals surface area contributed by atoms with Crippen molar-refractivity contribution in [1.29, 1.82) is 5.26 Å². The van der Waals surface area contributed by atoms with Crippen molar-refractivity contribution in [2.75, 3.05) is 6.61 Å². The van der Waals surface area contributed by atoms with Crippen molar-refractivity contribution < 1.29 is 10.2 Å². The molecule has 1 unspecified atom stereocenters. The van der Waals surface area contributed by atoms with E-state index in [1.807, 2.05) is 6.07 Å². The summed E-state index contributed by atoms with van der Waals surface area (Å²) >= 11 is 5.82. The molecule has 0 saturated carbocycles. The van der Waals surface area contributed by atoms with Crippen LogP contribution < -0.4 is 0 Å². The van der Waals surface area contributed by atoms with Crippen LogP contribution in [0, 0.1) is 11.3 Å². The predicted octanol–water partition coefficient (Wildman–Crippen LogP) is 0.823. The second-order valence-corrected chi connectivity index (χ2v) is 4.36. The van der Waals surface area contributed by atoms with Gasteiger partial charge in [0.1, 0.15) is 11.8 Å². The zero-order chi connectivity index (χ0) is 13.8. The largest absolute Gasteiger partial charge is 0.394 e. The molecular weight excluding hydrogens is 268 g/mol. The number of benzene rings is 1. The van der Waals surface area contributed by atoms with Crippen LogP contribution in [0.3, 0.4) is 0 Å². The van der Waals surface area contributed by atoms with E-state index in [2.05, 4.69) is 10.3 Å². The lowest BCUT2D eigenvalue weighted by atomic mass is 10.1. The zero-order valence-corrected chi connectivity index (χ0v) is 10.6. The van der Waals surface area contributed by atoms with Gasteiger partial charge < -0.3 is 10.2 Å². The fourth-order valence-corrected chi connectivity index (χ4v) is 1.79. The van der Waals surface area contributed by atoms with E-state index in [9.17, 15) is 5.11 Å². The molecule has 0 amide bonds. The third-order valence-corrected chi connectivity index (χ3v) is 2.81. The first-order valence-corrected chi connectivity index (χ1v) is 5.92. The van der Waals surface area contributed by atoms with Crippen LogP contribution >= 0.6 is 11.6 Å². The minimum atomic E-state index is -0.959. The van der Waals surface area contributed by atoms with Crippen molar-refractivity contribution in [1.82, 2.24) is 15.0 Å². The van der Waals surface area contributed by atoms with E-state index >= 15 is 0 Å². The van der Waals surface area contributed by atoms with Gasteiger partial charge in [-0.2, -0.15) is 5.26 Å². The van der Waals surface area contributed by atoms with Gasteiger partial charge in [-0.1, -0.05) is 28.9 Å². The Balaban J connectivity index is 2.45. The summed E-state index contributed by atoms with van der Waals surface area (Å²) in [4.78, 5) is 0. The highest BCUT2D eigenvalue weighted by atomic mass is 35.5. The van der Waals surface area contributed by atoms with E-state index in [0.717, 1.165) is 5.56 Å². The lowest BCUT2D eigenvalue weighted by Crippen LogP contribution is -2.21. The molecule has 7 heteroatoms. The van der Waals surface area contributed by atoms with Gasteiger partial charge in [0.2, 0.25) is 0 Å². The van der Waals surface area contributed by atoms with Gasteiger partial charge in [-0.3, -0.25) is 0 Å². The first-order valence-electron chi connectivity index (χ1n) is 5.54. The number of aliphatic hydroxyl groups excluding tert-OH is 2. The third-order valence-electron chi connectivity index (χ3n) is 2.55. The monoisotopic (exact) mass is 278 g/mol. The molecule has 19 heavy (non-hydrogen) atoms. The van der Waals surface area contributed by atoms with Crippen molar-refractivity contribution in [3.05, 3.63) is 35.0 Å². The number of nitrogens with zero attached hydrogens (tertiary/aromatic N) is 4. The SMILES string of the molecule is N#Cc1nnn(CC(O)CO)c1-c1ccc(Cl)cc1. The number of aliphatic hydroxyl groups is 2. The maximum atomic E-state index is 9.47. The van der Waals surface area contributed by atoms with Crippen LogP contribution in [0.5, 0.6) is 0 Å². The van der Waals surface area contributed by atoms with Crippen molar-refractivity contribution >= 4 is 11.6 Å². The molecule has 0 bridgehead atoms. The van der Waals surface area contributed by atoms with Crippen LogP contribution in [-0.2, 0) is 6.54 Å². The lowest BCUT2D eigenvalue weighted by molar-refractivity contribution is 0.0782. The fourth-order valence-electron chi connectivity index (χ4n) is 1.67. The van der Waals surface area contributed by atoms with E-state index in [1.165, 1.54) is 4.68 Å². The molecular formula is C12H11ClN4O2. The summed E-state index contributed by atoms with van der Waals surface area (Å²) in [5.74, 6) is 0. The number of hydrogen-bond acceptors (Lipinski definition) is 5. The van der Waals surface area contributed by atoms with E-state index in [-0.39, 0.29) is 18.8 Å². The molecule has 1 aromatic carbocycles. The Kier molecular flexibility index (Phi) is 4.12. The Morgan fingerprint density at radius 1 is 1.37 bits per heavy atom. The van der Waals surface area contributed by atoms with Crippen molar-refractivity contribution in [3.8, 4) is 17.3 Å². The van der Waals surface area contributed by atoms with Gasteiger partial charge in [-0.05, 0) is 12.1 Å². The van der Waals surface area contributed by atoms with Crippen LogP contribution in [0.2, 0.25) is 5.02 Å². The fraction of sp³-hybridized carbons (Fsp3) is 0.250. The van der Waals surface area contributed by atoms with Gasteiger partial charge in [-0.15, -0.1) is 5.10 Å². The van der Waals surface area contributed by atoms with Crippen LogP contribution in [0.25, 0.3) is 11.3 Å². The summed E-state index contributed by atoms with van der Waals surface area (Å²) in [6.45, 7) is -0.328. The number of rotatable bonds is 4. The minimum absolute atomic E-state index is 0.0587. The van der Waals surface area contributed by atoms with E-state index in [0.29, 0.717) is 10.7 Å². The number of nitriles is 1. The first-order chi connectivity index (χ1) is 9.15. The topological polar surface area (TPSA) is 95.0 Å². The molecule has 1 aromatic heterocycles. The molecule has 98 valence electrons. The molecule has 2 aromatic rings. The first kappa shape index (κ1) is 13.5. The Labute approximate surface area is 114 Å². The molecule has 0 aliphatic carbocycles. The smallest absolute Gasteiger partial charge is 0.190 e. The second kappa shape index (κ2) is 5.80. The maximum Gasteiger partial charge on any atom is 0.190 e. The summed E-state index contributed by atoms with van der Waals surface area (Å²) < 4.78 is 1.39. The molecule has 2 rings (SSSR count). The van der Waals surface area contributed by atoms with Gasteiger partial charge in [0.15, 0.2) is 5.69 Å². The normalized spacial score (nSPS) is 12.1. The van der Waals surface area contributed by atoms with E-state index < -0.39 is 6.10 Å². The van der Waals surface area contributed by atoms with Crippen LogP contribution in [0.15, 0.2) is 24.3 Å². The molecule has 0 fully saturated rings. The molecule has 1 atom stereocenters. The third kappa shape index (κ3) is 2.90. The lowest BCUT2D eigenvalue weighted by Gasteiger charge is -2.10. The summed E-state index contributed by atoms with van der Waals surface area (Å²) in [5.41, 5.74) is 1.37. The van der Waals surface area contributed by atoms with E-state index in [4.69, 9.17) is 22.0 Å². The van der Waals surface area contributed by atoms with Crippen molar-refractivity contribution in [3.63, 3.8) is 0 Å². The zero-order valence-electron chi connectivity index (χ0n) is 9.86. The average Bonchev–Trinajstić information content (AvgIpc) is 2.82. The molecule has 0 aliphatic heterocycles. The predicted molar refractivity (Wildman–Crippen MR) is 68.3 cm³/mol. The Morgan fingerprint density at radius 2 is 2.05 bits per heavy atom. The highest BCUT2D eigenvalue weighted by molar-refractivity contribution is 6.30. The molecule has 0 aliphatic rings. The highest BCUT2D eigenvalue weighted by Gasteiger charge is 2.16. The molecule has 6 nitrogen and oxygen atoms in total. The summed E-state index contributed by atoms with van der Waals surface area (Å²) in [6.07, 6.45) is -0.959. The Morgan fingerprint density at radius 3 is 2.63 bits per heavy atom. The van der Waals surface area contributed by atoms with Crippen LogP contribution in [0.1, 0.15) is 5.69 Å². The Bertz CT molecular complexity index is 603. The Hall–Kier alpha value is -1.94. The molecule has 2 N–H and O–H groups in total. The summed E-state index contributed by atoms with van der Waals surface area (Å²) in [6, 6.07) is 8.81. The number of halogens is 1. The van der Waals surface area contributed by atoms with Gasteiger partial charge in [-0.25, -0.2) is 4.68 Å². The van der Waals surface area contributed by atoms with Crippen molar-refractivity contribution in [2.45, 2.75) is 12.6 Å². The standard InChI is InChI=1S/C12H11ClN4O2/c13-9-3-1-8(2-4-9)12-11(5-14)15-16-17(12)6-10(19)7-18/h1-4,10,18-19H,6-7H2. The molecule has 0 spiro atoms. The number of hydrogen-bond donors (Lipinski definition) is 2. The van der Waals surface area contributed by atoms with Gasteiger partial charge in [0, 0.05) is 10.6 Å². The van der Waals surface area contributed by atoms with Gasteiger partial charge >= 0.3 is 0 Å².